The van der Waals surface area contributed by atoms with Crippen LogP contribution >= 0.6 is 11.6 Å². The first-order chi connectivity index (χ1) is 15.0. The summed E-state index contributed by atoms with van der Waals surface area (Å²) in [6, 6.07) is 18.9. The number of ether oxygens (including phenoxy) is 1. The third-order valence-electron chi connectivity index (χ3n) is 4.80. The molecule has 0 aliphatic carbocycles. The van der Waals surface area contributed by atoms with Gasteiger partial charge in [-0.2, -0.15) is 0 Å². The van der Waals surface area contributed by atoms with Gasteiger partial charge in [-0.25, -0.2) is 0 Å². The first-order valence-electron chi connectivity index (χ1n) is 9.79. The van der Waals surface area contributed by atoms with E-state index in [9.17, 15) is 4.79 Å². The molecule has 0 bridgehead atoms. The summed E-state index contributed by atoms with van der Waals surface area (Å²) in [5, 5.41) is 1.71. The average Bonchev–Trinajstić information content (AvgIpc) is 2.80. The molecule has 2 heterocycles. The number of benzene rings is 2. The molecule has 0 unspecified atom stereocenters. The van der Waals surface area contributed by atoms with Gasteiger partial charge in [-0.15, -0.1) is 0 Å². The van der Waals surface area contributed by atoms with Crippen LogP contribution in [-0.2, 0) is 0 Å². The van der Waals surface area contributed by atoms with Crippen LogP contribution in [0, 0.1) is 0 Å². The molecule has 0 saturated carbocycles. The van der Waals surface area contributed by atoms with E-state index in [1.165, 1.54) is 4.35 Å². The second-order valence-corrected chi connectivity index (χ2v) is 9.80. The molecule has 1 radical (unpaired) electrons. The third-order valence-corrected chi connectivity index (χ3v) is 7.60. The Kier molecular flexibility index (Phi) is 6.55. The monoisotopic (exact) mass is 492 g/mol. The van der Waals surface area contributed by atoms with E-state index < -0.39 is 15.8 Å². The number of carbonyl (C=O) groups excluding carboxylic acids is 1. The number of pyridine rings is 2. The molecule has 0 aliphatic rings. The zero-order chi connectivity index (χ0) is 21.8. The summed E-state index contributed by atoms with van der Waals surface area (Å²) in [4.78, 5) is 22.7. The van der Waals surface area contributed by atoms with Crippen molar-refractivity contribution in [1.82, 2.24) is 14.9 Å². The van der Waals surface area contributed by atoms with Gasteiger partial charge in [0.25, 0.3) is 0 Å². The number of hydrogen-bond donors (Lipinski definition) is 0. The molecule has 31 heavy (non-hydrogen) atoms. The second kappa shape index (κ2) is 9.50. The van der Waals surface area contributed by atoms with E-state index in [-0.39, 0.29) is 5.91 Å². The Morgan fingerprint density at radius 1 is 1.03 bits per heavy atom. The van der Waals surface area contributed by atoms with Crippen LogP contribution in [0.15, 0.2) is 73.1 Å². The van der Waals surface area contributed by atoms with E-state index in [1.54, 1.807) is 36.5 Å². The number of hydrogen-bond acceptors (Lipinski definition) is 4. The van der Waals surface area contributed by atoms with Crippen molar-refractivity contribution < 1.29 is 9.53 Å². The Morgan fingerprint density at radius 2 is 1.81 bits per heavy atom. The van der Waals surface area contributed by atoms with Gasteiger partial charge >= 0.3 is 193 Å². The van der Waals surface area contributed by atoms with E-state index in [0.29, 0.717) is 22.9 Å². The molecular formula is C24H20AsClN3O2. The minimum atomic E-state index is -0.410. The summed E-state index contributed by atoms with van der Waals surface area (Å²) in [6.45, 7) is 2.61. The summed E-state index contributed by atoms with van der Waals surface area (Å²) in [5.41, 5.74) is 1.37. The second-order valence-electron chi connectivity index (χ2n) is 6.87. The third kappa shape index (κ3) is 4.90. The summed E-state index contributed by atoms with van der Waals surface area (Å²) in [5.74, 6) is 1.41. The SMILES string of the molecule is CCN(C)C(=O)c1ccc(Oc2ccc(Cl)cc2[As]c2ccnc3ncccc23)cc1. The van der Waals surface area contributed by atoms with Gasteiger partial charge in [0.1, 0.15) is 0 Å². The zero-order valence-corrected chi connectivity index (χ0v) is 19.8. The van der Waals surface area contributed by atoms with E-state index in [2.05, 4.69) is 9.97 Å². The van der Waals surface area contributed by atoms with Crippen molar-refractivity contribution >= 4 is 53.0 Å². The summed E-state index contributed by atoms with van der Waals surface area (Å²) < 4.78 is 8.41. The van der Waals surface area contributed by atoms with Crippen molar-refractivity contribution in [3.05, 3.63) is 83.6 Å². The predicted octanol–water partition coefficient (Wildman–Crippen LogP) is 3.82. The van der Waals surface area contributed by atoms with Crippen LogP contribution in [0.25, 0.3) is 11.0 Å². The van der Waals surface area contributed by atoms with Crippen LogP contribution in [0.1, 0.15) is 17.3 Å². The maximum atomic E-state index is 12.3. The normalized spacial score (nSPS) is 11.2. The molecule has 4 aromatic rings. The molecule has 7 heteroatoms. The van der Waals surface area contributed by atoms with Gasteiger partial charge in [-0.05, 0) is 0 Å². The first-order valence-corrected chi connectivity index (χ1v) is 12.0. The van der Waals surface area contributed by atoms with Gasteiger partial charge in [0.15, 0.2) is 0 Å². The fraction of sp³-hybridized carbons (Fsp3) is 0.125. The molecule has 2 aromatic heterocycles. The van der Waals surface area contributed by atoms with Gasteiger partial charge in [0.05, 0.1) is 0 Å². The molecule has 0 N–H and O–H groups in total. The van der Waals surface area contributed by atoms with Crippen molar-refractivity contribution in [2.24, 2.45) is 0 Å². The molecule has 4 rings (SSSR count). The molecule has 0 fully saturated rings. The Balaban J connectivity index is 1.61. The quantitative estimate of drug-likeness (QED) is 0.384. The van der Waals surface area contributed by atoms with Crippen LogP contribution in [0.4, 0.5) is 0 Å². The Bertz CT molecular complexity index is 1230. The van der Waals surface area contributed by atoms with E-state index in [1.807, 2.05) is 55.5 Å². The van der Waals surface area contributed by atoms with Gasteiger partial charge in [-0.1, -0.05) is 0 Å². The van der Waals surface area contributed by atoms with Crippen molar-refractivity contribution in [3.63, 3.8) is 0 Å². The Hall–Kier alpha value is -2.88. The van der Waals surface area contributed by atoms with Crippen LogP contribution in [-0.4, -0.2) is 50.1 Å². The van der Waals surface area contributed by atoms with Gasteiger partial charge < -0.3 is 0 Å². The van der Waals surface area contributed by atoms with Gasteiger partial charge in [0.2, 0.25) is 0 Å². The maximum absolute atomic E-state index is 12.3. The first kappa shape index (κ1) is 21.4. The molecule has 5 nitrogen and oxygen atoms in total. The molecule has 0 aliphatic heterocycles. The number of carbonyl (C=O) groups is 1. The molecule has 1 amide bonds. The van der Waals surface area contributed by atoms with Crippen LogP contribution < -0.4 is 13.4 Å². The van der Waals surface area contributed by atoms with Crippen LogP contribution in [0.3, 0.4) is 0 Å². The summed E-state index contributed by atoms with van der Waals surface area (Å²) in [7, 11) is 1.79. The Morgan fingerprint density at radius 3 is 2.58 bits per heavy atom. The number of fused-ring (bicyclic) bond motifs is 1. The number of nitrogens with zero attached hydrogens (tertiary/aromatic N) is 3. The number of aromatic nitrogens is 2. The molecule has 155 valence electrons. The summed E-state index contributed by atoms with van der Waals surface area (Å²) in [6.07, 6.45) is 3.53. The summed E-state index contributed by atoms with van der Waals surface area (Å²) >= 11 is 5.89. The minimum absolute atomic E-state index is 0.00981. The van der Waals surface area contributed by atoms with Crippen molar-refractivity contribution in [2.45, 2.75) is 6.92 Å². The van der Waals surface area contributed by atoms with Gasteiger partial charge in [0, 0.05) is 0 Å². The van der Waals surface area contributed by atoms with E-state index in [4.69, 9.17) is 16.3 Å². The molecular weight excluding hydrogens is 473 g/mol. The predicted molar refractivity (Wildman–Crippen MR) is 125 cm³/mol. The van der Waals surface area contributed by atoms with Crippen molar-refractivity contribution in [3.8, 4) is 11.5 Å². The van der Waals surface area contributed by atoms with Crippen molar-refractivity contribution in [2.75, 3.05) is 13.6 Å². The zero-order valence-electron chi connectivity index (χ0n) is 17.1. The van der Waals surface area contributed by atoms with Gasteiger partial charge in [-0.3, -0.25) is 0 Å². The molecule has 0 atom stereocenters. The van der Waals surface area contributed by atoms with E-state index in [0.717, 1.165) is 21.1 Å². The fourth-order valence-corrected chi connectivity index (χ4v) is 5.72. The number of rotatable bonds is 6. The average molecular weight is 493 g/mol. The molecule has 0 spiro atoms. The number of amides is 1. The van der Waals surface area contributed by atoms with Crippen LogP contribution in [0.5, 0.6) is 11.5 Å². The topological polar surface area (TPSA) is 55.3 Å². The molecule has 2 aromatic carbocycles. The standard InChI is InChI=1S/C24H20AsClN3O2/c1-3-29(2)24(30)16-6-9-18(10-7-16)31-22-11-8-17(26)15-21(22)25-20-12-14-28-23-19(20)5-4-13-27-23/h4-15H,3H2,1-2H3. The van der Waals surface area contributed by atoms with E-state index >= 15 is 0 Å². The fourth-order valence-electron chi connectivity index (χ4n) is 3.02. The number of halogens is 1. The molecule has 0 saturated heterocycles. The van der Waals surface area contributed by atoms with Crippen molar-refractivity contribution in [1.29, 1.82) is 0 Å². The van der Waals surface area contributed by atoms with Crippen LogP contribution in [0.2, 0.25) is 5.02 Å². The Labute approximate surface area is 192 Å².